The lowest BCUT2D eigenvalue weighted by atomic mass is 10.00. The molecule has 9 rings (SSSR count). The minimum Gasteiger partial charge on any atom is -0.354 e. The average molecular weight is 961 g/mol. The molecule has 0 saturated heterocycles. The van der Waals surface area contributed by atoms with E-state index < -0.39 is 0 Å². The van der Waals surface area contributed by atoms with E-state index in [1.165, 1.54) is 0 Å². The van der Waals surface area contributed by atoms with Crippen LogP contribution in [0.1, 0.15) is 70.7 Å². The summed E-state index contributed by atoms with van der Waals surface area (Å²) in [6.45, 7) is 0.731. The first-order valence-electron chi connectivity index (χ1n) is 23.8. The van der Waals surface area contributed by atoms with Crippen LogP contribution in [-0.2, 0) is 19.2 Å². The molecule has 4 aromatic carbocycles. The molecule has 0 unspecified atom stereocenters. The predicted molar refractivity (Wildman–Crippen MR) is 283 cm³/mol. The van der Waals surface area contributed by atoms with Crippen LogP contribution < -0.4 is 65.6 Å². The van der Waals surface area contributed by atoms with Gasteiger partial charge in [0.05, 0.1) is 0 Å². The monoisotopic (exact) mass is 960 g/mol. The minimum absolute atomic E-state index is 0.131. The molecule has 1 aliphatic heterocycles. The van der Waals surface area contributed by atoms with Crippen molar-refractivity contribution in [3.63, 3.8) is 0 Å². The van der Waals surface area contributed by atoms with E-state index in [4.69, 9.17) is 22.9 Å². The Hall–Kier alpha value is -8.80. The maximum atomic E-state index is 13.2. The number of hydrogen-bond acceptors (Lipinski definition) is 8. The SMILES string of the molecule is NCCC(=O)Nc1ccccc1C1=c2ccc([nH]2)=C(c2ccccc2NC(=O)CCN)c2ccc([nH]2)C(c2ccccc2NC(=O)CCN)=c2ccc([nH]2)=C(c2ccccc2NC(=O)CCN)c2ccc1[nH]2. The van der Waals surface area contributed by atoms with E-state index in [1.807, 2.05) is 146 Å². The highest BCUT2D eigenvalue weighted by Crippen LogP contribution is 2.34. The summed E-state index contributed by atoms with van der Waals surface area (Å²) in [4.78, 5) is 68.0. The Kier molecular flexibility index (Phi) is 14.7. The normalized spacial score (nSPS) is 12.2. The van der Waals surface area contributed by atoms with Crippen LogP contribution in [-0.4, -0.2) is 69.7 Å². The summed E-state index contributed by atoms with van der Waals surface area (Å²) in [6.07, 6.45) is 0.524. The Balaban J connectivity index is 1.42. The predicted octanol–water partition coefficient (Wildman–Crippen LogP) is 3.45. The molecule has 4 aromatic heterocycles. The van der Waals surface area contributed by atoms with Crippen LogP contribution in [0.25, 0.3) is 22.3 Å². The second-order valence-electron chi connectivity index (χ2n) is 17.2. The van der Waals surface area contributed by atoms with Gasteiger partial charge in [0.1, 0.15) is 0 Å². The minimum atomic E-state index is -0.229. The number of rotatable bonds is 16. The Labute approximate surface area is 414 Å². The molecule has 8 bridgehead atoms. The van der Waals surface area contributed by atoms with Crippen molar-refractivity contribution in [2.75, 3.05) is 47.4 Å². The molecule has 0 spiro atoms. The quantitative estimate of drug-likeness (QED) is 0.0680. The molecule has 364 valence electrons. The standard InChI is InChI=1S/C56H56N12O4/c57-29-25-49(69)65-37-13-5-1-9-33(37)53-41-17-19-43(61-41)54(34-10-2-6-14-38(34)66-50(70)26-30-58)45-21-23-47(63-45)56(36-12-4-8-16-40(36)68-52(72)28-32-60)48-24-22-46(64-48)55(44-20-18-42(53)62-44)35-11-3-7-15-39(35)67-51(71)27-31-59/h1-24,61-64H,25-32,57-60H2,(H,65,69)(H,66,70)(H,67,71)(H,68,72). The zero-order valence-corrected chi connectivity index (χ0v) is 39.5. The molecule has 0 fully saturated rings. The van der Waals surface area contributed by atoms with Gasteiger partial charge >= 0.3 is 0 Å². The van der Waals surface area contributed by atoms with Crippen molar-refractivity contribution in [1.82, 2.24) is 19.9 Å². The molecule has 0 radical (unpaired) electrons. The number of aromatic nitrogens is 4. The average Bonchev–Trinajstić information content (AvgIpc) is 4.23. The van der Waals surface area contributed by atoms with Crippen molar-refractivity contribution in [3.05, 3.63) is 212 Å². The van der Waals surface area contributed by atoms with Gasteiger partial charge in [-0.25, -0.2) is 0 Å². The summed E-state index contributed by atoms with van der Waals surface area (Å²) in [5, 5.41) is 15.2. The molecule has 8 aromatic rings. The van der Waals surface area contributed by atoms with E-state index in [-0.39, 0.29) is 75.5 Å². The Bertz CT molecular complexity index is 3140. The number of fused-ring (bicyclic) bond motifs is 8. The second-order valence-corrected chi connectivity index (χ2v) is 17.2. The summed E-state index contributed by atoms with van der Waals surface area (Å²) in [6, 6.07) is 46.3. The molecule has 0 atom stereocenters. The molecule has 16 nitrogen and oxygen atoms in total. The van der Waals surface area contributed by atoms with Crippen molar-refractivity contribution in [2.45, 2.75) is 25.7 Å². The number of anilines is 4. The van der Waals surface area contributed by atoms with E-state index >= 15 is 0 Å². The Morgan fingerprint density at radius 2 is 0.528 bits per heavy atom. The molecule has 1 aliphatic rings. The van der Waals surface area contributed by atoms with E-state index in [0.717, 1.165) is 44.5 Å². The smallest absolute Gasteiger partial charge is 0.225 e. The molecule has 0 saturated carbocycles. The number of para-hydroxylation sites is 4. The zero-order valence-electron chi connectivity index (χ0n) is 39.5. The highest BCUT2D eigenvalue weighted by atomic mass is 16.2. The first-order chi connectivity index (χ1) is 35.2. The molecule has 5 heterocycles. The lowest BCUT2D eigenvalue weighted by molar-refractivity contribution is -0.116. The van der Waals surface area contributed by atoms with Crippen molar-refractivity contribution in [1.29, 1.82) is 0 Å². The molecule has 72 heavy (non-hydrogen) atoms. The fourth-order valence-corrected chi connectivity index (χ4v) is 9.10. The van der Waals surface area contributed by atoms with Crippen LogP contribution in [0.5, 0.6) is 0 Å². The van der Waals surface area contributed by atoms with Gasteiger partial charge in [-0.05, 0) is 72.8 Å². The summed E-state index contributed by atoms with van der Waals surface area (Å²) < 4.78 is 0. The zero-order chi connectivity index (χ0) is 50.1. The summed E-state index contributed by atoms with van der Waals surface area (Å²) >= 11 is 0. The molecule has 4 amide bonds. The van der Waals surface area contributed by atoms with Gasteiger partial charge in [0, 0.05) is 163 Å². The third-order valence-corrected chi connectivity index (χ3v) is 12.3. The second kappa shape index (κ2) is 21.9. The maximum absolute atomic E-state index is 13.2. The summed E-state index contributed by atoms with van der Waals surface area (Å²) in [5.74, 6) is -0.916. The fourth-order valence-electron chi connectivity index (χ4n) is 9.10. The number of nitrogens with two attached hydrogens (primary N) is 4. The van der Waals surface area contributed by atoms with Crippen LogP contribution in [0, 0.1) is 0 Å². The number of amides is 4. The fraction of sp³-hybridized carbons (Fsp3) is 0.143. The number of carbonyl (C=O) groups excluding carboxylic acids is 4. The first-order valence-corrected chi connectivity index (χ1v) is 23.8. The van der Waals surface area contributed by atoms with E-state index in [9.17, 15) is 19.2 Å². The van der Waals surface area contributed by atoms with Gasteiger partial charge in [-0.1, -0.05) is 72.8 Å². The van der Waals surface area contributed by atoms with Crippen LogP contribution in [0.2, 0.25) is 0 Å². The molecular formula is C56H56N12O4. The largest absolute Gasteiger partial charge is 0.354 e. The number of carbonyl (C=O) groups is 4. The van der Waals surface area contributed by atoms with Gasteiger partial charge in [-0.3, -0.25) is 19.2 Å². The van der Waals surface area contributed by atoms with Gasteiger partial charge in [0.15, 0.2) is 0 Å². The van der Waals surface area contributed by atoms with Crippen LogP contribution in [0.15, 0.2) is 146 Å². The van der Waals surface area contributed by atoms with Gasteiger partial charge in [-0.15, -0.1) is 0 Å². The van der Waals surface area contributed by atoms with Crippen molar-refractivity contribution in [3.8, 4) is 0 Å². The third kappa shape index (κ3) is 10.2. The van der Waals surface area contributed by atoms with Crippen LogP contribution in [0.3, 0.4) is 0 Å². The van der Waals surface area contributed by atoms with Crippen LogP contribution >= 0.6 is 0 Å². The number of hydrogen-bond donors (Lipinski definition) is 12. The van der Waals surface area contributed by atoms with E-state index in [2.05, 4.69) is 41.2 Å². The van der Waals surface area contributed by atoms with Crippen LogP contribution in [0.4, 0.5) is 22.7 Å². The van der Waals surface area contributed by atoms with Gasteiger partial charge in [0.25, 0.3) is 0 Å². The van der Waals surface area contributed by atoms with E-state index in [1.54, 1.807) is 0 Å². The van der Waals surface area contributed by atoms with Gasteiger partial charge < -0.3 is 64.1 Å². The highest BCUT2D eigenvalue weighted by molar-refractivity contribution is 6.00. The first kappa shape index (κ1) is 48.2. The molecule has 0 aliphatic carbocycles. The number of benzene rings is 4. The molecule has 16 heteroatoms. The lowest BCUT2D eigenvalue weighted by Crippen LogP contribution is -2.22. The van der Waals surface area contributed by atoms with Crippen molar-refractivity contribution in [2.24, 2.45) is 22.9 Å². The van der Waals surface area contributed by atoms with Gasteiger partial charge in [-0.2, -0.15) is 0 Å². The Morgan fingerprint density at radius 3 is 0.750 bits per heavy atom. The van der Waals surface area contributed by atoms with E-state index in [0.29, 0.717) is 66.9 Å². The maximum Gasteiger partial charge on any atom is 0.225 e. The lowest BCUT2D eigenvalue weighted by Gasteiger charge is -2.16. The van der Waals surface area contributed by atoms with Crippen molar-refractivity contribution >= 4 is 68.7 Å². The number of H-pyrrole nitrogens is 4. The number of aromatic amines is 4. The molecular weight excluding hydrogens is 905 g/mol. The van der Waals surface area contributed by atoms with Gasteiger partial charge in [0.2, 0.25) is 23.6 Å². The van der Waals surface area contributed by atoms with Crippen molar-refractivity contribution < 1.29 is 19.2 Å². The Morgan fingerprint density at radius 1 is 0.306 bits per heavy atom. The topological polar surface area (TPSA) is 284 Å². The highest BCUT2D eigenvalue weighted by Gasteiger charge is 2.23. The number of nitrogens with one attached hydrogen (secondary N) is 8. The molecule has 16 N–H and O–H groups in total. The summed E-state index contributed by atoms with van der Waals surface area (Å²) in [5.41, 5.74) is 34.2. The summed E-state index contributed by atoms with van der Waals surface area (Å²) in [7, 11) is 0. The third-order valence-electron chi connectivity index (χ3n) is 12.3.